The number of carbonyl (C=O) groups is 1. The van der Waals surface area contributed by atoms with E-state index >= 15 is 0 Å². The Labute approximate surface area is 111 Å². The van der Waals surface area contributed by atoms with Crippen molar-refractivity contribution in [2.75, 3.05) is 6.61 Å². The molecule has 5 heteroatoms. The Balaban J connectivity index is 2.27. The van der Waals surface area contributed by atoms with E-state index in [1.165, 1.54) is 6.92 Å². The van der Waals surface area contributed by atoms with E-state index in [0.717, 1.165) is 18.4 Å². The molecule has 0 radical (unpaired) electrons. The molecule has 18 heavy (non-hydrogen) atoms. The molecular formula is C13H16ClNO3. The van der Waals surface area contributed by atoms with Gasteiger partial charge in [0.15, 0.2) is 0 Å². The molecule has 2 unspecified atom stereocenters. The number of halogens is 1. The van der Waals surface area contributed by atoms with E-state index < -0.39 is 6.10 Å². The van der Waals surface area contributed by atoms with Gasteiger partial charge >= 0.3 is 0 Å². The monoisotopic (exact) mass is 269 g/mol. The van der Waals surface area contributed by atoms with Crippen molar-refractivity contribution in [3.63, 3.8) is 0 Å². The summed E-state index contributed by atoms with van der Waals surface area (Å²) in [4.78, 5) is 11.6. The standard InChI is InChI=1S/C13H16ClNO3/c1-8(16)13(17)15-11-6-3-7-18-12-9(11)4-2-5-10(12)14/h2,4-5,8,11,16H,3,6-7H2,1H3,(H,15,17). The van der Waals surface area contributed by atoms with Crippen LogP contribution in [0.25, 0.3) is 0 Å². The van der Waals surface area contributed by atoms with E-state index in [1.54, 1.807) is 6.07 Å². The molecule has 0 aromatic heterocycles. The first-order chi connectivity index (χ1) is 8.59. The molecule has 0 aliphatic carbocycles. The second-order valence-electron chi connectivity index (χ2n) is 4.39. The van der Waals surface area contributed by atoms with Crippen LogP contribution in [0.4, 0.5) is 0 Å². The van der Waals surface area contributed by atoms with Crippen LogP contribution in [-0.2, 0) is 4.79 Å². The Morgan fingerprint density at radius 1 is 1.61 bits per heavy atom. The van der Waals surface area contributed by atoms with E-state index in [1.807, 2.05) is 12.1 Å². The number of aliphatic hydroxyl groups is 1. The van der Waals surface area contributed by atoms with Crippen LogP contribution in [-0.4, -0.2) is 23.7 Å². The molecule has 98 valence electrons. The van der Waals surface area contributed by atoms with Crippen molar-refractivity contribution in [2.45, 2.75) is 31.9 Å². The first-order valence-corrected chi connectivity index (χ1v) is 6.37. The molecule has 1 heterocycles. The van der Waals surface area contributed by atoms with Crippen LogP contribution in [0.15, 0.2) is 18.2 Å². The first kappa shape index (κ1) is 13.2. The number of ether oxygens (including phenoxy) is 1. The zero-order valence-electron chi connectivity index (χ0n) is 10.1. The van der Waals surface area contributed by atoms with Crippen molar-refractivity contribution in [3.8, 4) is 5.75 Å². The fourth-order valence-electron chi connectivity index (χ4n) is 2.01. The fraction of sp³-hybridized carbons (Fsp3) is 0.462. The summed E-state index contributed by atoms with van der Waals surface area (Å²) in [5.74, 6) is 0.250. The molecule has 2 rings (SSSR count). The van der Waals surface area contributed by atoms with Gasteiger partial charge in [0, 0.05) is 5.56 Å². The molecular weight excluding hydrogens is 254 g/mol. The SMILES string of the molecule is CC(O)C(=O)NC1CCCOc2c(Cl)cccc21. The number of aliphatic hydroxyl groups excluding tert-OH is 1. The van der Waals surface area contributed by atoms with Gasteiger partial charge in [0.2, 0.25) is 5.91 Å². The van der Waals surface area contributed by atoms with E-state index in [4.69, 9.17) is 16.3 Å². The Hall–Kier alpha value is -1.26. The van der Waals surface area contributed by atoms with Crippen LogP contribution in [0.3, 0.4) is 0 Å². The Kier molecular flexibility index (Phi) is 4.09. The second kappa shape index (κ2) is 5.59. The van der Waals surface area contributed by atoms with Crippen LogP contribution >= 0.6 is 11.6 Å². The summed E-state index contributed by atoms with van der Waals surface area (Å²) < 4.78 is 5.61. The van der Waals surface area contributed by atoms with E-state index in [-0.39, 0.29) is 11.9 Å². The lowest BCUT2D eigenvalue weighted by Gasteiger charge is -2.19. The molecule has 0 fully saturated rings. The predicted octanol–water partition coefficient (Wildman–Crippen LogP) is 2.05. The van der Waals surface area contributed by atoms with Gasteiger partial charge in [-0.15, -0.1) is 0 Å². The maximum Gasteiger partial charge on any atom is 0.249 e. The number of amides is 1. The number of nitrogens with one attached hydrogen (secondary N) is 1. The van der Waals surface area contributed by atoms with Crippen LogP contribution in [0.2, 0.25) is 5.02 Å². The van der Waals surface area contributed by atoms with Crippen molar-refractivity contribution in [1.29, 1.82) is 0 Å². The number of fused-ring (bicyclic) bond motifs is 1. The van der Waals surface area contributed by atoms with E-state index in [2.05, 4.69) is 5.32 Å². The molecule has 1 aromatic rings. The highest BCUT2D eigenvalue weighted by Gasteiger charge is 2.24. The number of carbonyl (C=O) groups excluding carboxylic acids is 1. The van der Waals surface area contributed by atoms with Gasteiger partial charge < -0.3 is 15.2 Å². The summed E-state index contributed by atoms with van der Waals surface area (Å²) in [7, 11) is 0. The Bertz CT molecular complexity index is 448. The largest absolute Gasteiger partial charge is 0.492 e. The maximum absolute atomic E-state index is 11.6. The van der Waals surface area contributed by atoms with Crippen LogP contribution < -0.4 is 10.1 Å². The van der Waals surface area contributed by atoms with Gasteiger partial charge in [0.05, 0.1) is 17.7 Å². The summed E-state index contributed by atoms with van der Waals surface area (Å²) in [5, 5.41) is 12.6. The average molecular weight is 270 g/mol. The third kappa shape index (κ3) is 2.76. The lowest BCUT2D eigenvalue weighted by molar-refractivity contribution is -0.129. The lowest BCUT2D eigenvalue weighted by atomic mass is 10.0. The summed E-state index contributed by atoms with van der Waals surface area (Å²) >= 11 is 6.09. The highest BCUT2D eigenvalue weighted by Crippen LogP contribution is 2.36. The maximum atomic E-state index is 11.6. The van der Waals surface area contributed by atoms with Crippen molar-refractivity contribution in [2.24, 2.45) is 0 Å². The predicted molar refractivity (Wildman–Crippen MR) is 68.7 cm³/mol. The van der Waals surface area contributed by atoms with Gasteiger partial charge in [0.25, 0.3) is 0 Å². The molecule has 2 N–H and O–H groups in total. The van der Waals surface area contributed by atoms with Crippen molar-refractivity contribution in [3.05, 3.63) is 28.8 Å². The highest BCUT2D eigenvalue weighted by atomic mass is 35.5. The van der Waals surface area contributed by atoms with Gasteiger partial charge in [0.1, 0.15) is 11.9 Å². The topological polar surface area (TPSA) is 58.6 Å². The van der Waals surface area contributed by atoms with Gasteiger partial charge in [-0.3, -0.25) is 4.79 Å². The molecule has 0 spiro atoms. The Morgan fingerprint density at radius 2 is 2.39 bits per heavy atom. The van der Waals surface area contributed by atoms with Gasteiger partial charge in [-0.25, -0.2) is 0 Å². The molecule has 4 nitrogen and oxygen atoms in total. The van der Waals surface area contributed by atoms with Gasteiger partial charge in [-0.05, 0) is 25.8 Å². The summed E-state index contributed by atoms with van der Waals surface area (Å²) in [6.45, 7) is 2.03. The number of benzene rings is 1. The van der Waals surface area contributed by atoms with E-state index in [0.29, 0.717) is 17.4 Å². The molecule has 1 aliphatic rings. The van der Waals surface area contributed by atoms with Crippen molar-refractivity contribution in [1.82, 2.24) is 5.32 Å². The average Bonchev–Trinajstić information content (AvgIpc) is 2.53. The number of para-hydroxylation sites is 1. The molecule has 1 aromatic carbocycles. The minimum Gasteiger partial charge on any atom is -0.492 e. The van der Waals surface area contributed by atoms with Crippen LogP contribution in [0, 0.1) is 0 Å². The molecule has 1 aliphatic heterocycles. The van der Waals surface area contributed by atoms with Crippen LogP contribution in [0.1, 0.15) is 31.4 Å². The first-order valence-electron chi connectivity index (χ1n) is 5.99. The minimum atomic E-state index is -1.02. The number of hydrogen-bond donors (Lipinski definition) is 2. The van der Waals surface area contributed by atoms with Crippen molar-refractivity contribution >= 4 is 17.5 Å². The molecule has 0 bridgehead atoms. The third-order valence-corrected chi connectivity index (χ3v) is 3.25. The van der Waals surface area contributed by atoms with Gasteiger partial charge in [-0.2, -0.15) is 0 Å². The minimum absolute atomic E-state index is 0.164. The summed E-state index contributed by atoms with van der Waals surface area (Å²) in [6.07, 6.45) is 0.582. The normalized spacial score (nSPS) is 20.3. The van der Waals surface area contributed by atoms with Crippen LogP contribution in [0.5, 0.6) is 5.75 Å². The third-order valence-electron chi connectivity index (χ3n) is 2.95. The zero-order chi connectivity index (χ0) is 13.1. The smallest absolute Gasteiger partial charge is 0.249 e. The quantitative estimate of drug-likeness (QED) is 0.864. The van der Waals surface area contributed by atoms with E-state index in [9.17, 15) is 9.90 Å². The molecule has 0 saturated carbocycles. The highest BCUT2D eigenvalue weighted by molar-refractivity contribution is 6.32. The summed E-state index contributed by atoms with van der Waals surface area (Å²) in [6, 6.07) is 5.32. The lowest BCUT2D eigenvalue weighted by Crippen LogP contribution is -2.35. The summed E-state index contributed by atoms with van der Waals surface area (Å²) in [5.41, 5.74) is 0.869. The van der Waals surface area contributed by atoms with Crippen molar-refractivity contribution < 1.29 is 14.6 Å². The fourth-order valence-corrected chi connectivity index (χ4v) is 2.25. The molecule has 0 saturated heterocycles. The number of rotatable bonds is 2. The second-order valence-corrected chi connectivity index (χ2v) is 4.79. The zero-order valence-corrected chi connectivity index (χ0v) is 10.9. The Morgan fingerprint density at radius 3 is 3.11 bits per heavy atom. The number of hydrogen-bond acceptors (Lipinski definition) is 3. The van der Waals surface area contributed by atoms with Gasteiger partial charge in [-0.1, -0.05) is 23.7 Å². The molecule has 2 atom stereocenters. The molecule has 1 amide bonds.